The van der Waals surface area contributed by atoms with Crippen molar-refractivity contribution in [3.63, 3.8) is 0 Å². The van der Waals surface area contributed by atoms with Crippen molar-refractivity contribution in [3.8, 4) is 22.6 Å². The van der Waals surface area contributed by atoms with Gasteiger partial charge >= 0.3 is 0 Å². The first-order chi connectivity index (χ1) is 19.7. The lowest BCUT2D eigenvalue weighted by molar-refractivity contribution is -0.142. The minimum Gasteiger partial charge on any atom is -0.508 e. The molecule has 1 saturated heterocycles. The molecule has 4 rings (SSSR count). The second-order valence-corrected chi connectivity index (χ2v) is 11.1. The third-order valence-electron chi connectivity index (χ3n) is 8.05. The van der Waals surface area contributed by atoms with Gasteiger partial charge in [-0.15, -0.1) is 0 Å². The van der Waals surface area contributed by atoms with Crippen LogP contribution in [-0.4, -0.2) is 83.7 Å². The molecule has 0 aromatic heterocycles. The summed E-state index contributed by atoms with van der Waals surface area (Å²) in [5.74, 6) is -1.35. The average Bonchev–Trinajstić information content (AvgIpc) is 2.98. The maximum Gasteiger partial charge on any atom is 0.245 e. The van der Waals surface area contributed by atoms with E-state index in [9.17, 15) is 24.6 Å². The number of hydrogen-bond acceptors (Lipinski definition) is 8. The van der Waals surface area contributed by atoms with Crippen LogP contribution in [0.15, 0.2) is 36.4 Å². The summed E-state index contributed by atoms with van der Waals surface area (Å²) in [4.78, 5) is 41.9. The Morgan fingerprint density at radius 1 is 1.05 bits per heavy atom. The number of nitrogens with one attached hydrogen (secondary N) is 3. The SMILES string of the molecule is CN1C(=O)[C@@H](CCCN)NC(=O)[C@@H](N)Cc2cc(ccc2O)-c2ccc(O)c(c2)C[C@@H]1C(=O)NCC1CCCCN1. The van der Waals surface area contributed by atoms with E-state index in [-0.39, 0.29) is 42.7 Å². The lowest BCUT2D eigenvalue weighted by Gasteiger charge is -2.32. The number of nitrogens with two attached hydrogens (primary N) is 2. The molecule has 3 amide bonds. The summed E-state index contributed by atoms with van der Waals surface area (Å²) in [6, 6.07) is 7.30. The molecule has 2 aromatic carbocycles. The minimum atomic E-state index is -1.03. The molecule has 11 nitrogen and oxygen atoms in total. The summed E-state index contributed by atoms with van der Waals surface area (Å²) in [7, 11) is 1.53. The number of nitrogens with zero attached hydrogens (tertiary/aromatic N) is 1. The van der Waals surface area contributed by atoms with Crippen molar-refractivity contribution in [2.45, 2.75) is 69.1 Å². The zero-order valence-electron chi connectivity index (χ0n) is 23.6. The van der Waals surface area contributed by atoms with Gasteiger partial charge in [-0.25, -0.2) is 0 Å². The van der Waals surface area contributed by atoms with Crippen molar-refractivity contribution in [1.29, 1.82) is 0 Å². The van der Waals surface area contributed by atoms with E-state index in [4.69, 9.17) is 11.5 Å². The lowest BCUT2D eigenvalue weighted by Crippen LogP contribution is -2.57. The van der Waals surface area contributed by atoms with Crippen LogP contribution in [0.25, 0.3) is 11.1 Å². The fourth-order valence-corrected chi connectivity index (χ4v) is 5.50. The molecular formula is C30H42N6O5. The van der Waals surface area contributed by atoms with Crippen molar-refractivity contribution >= 4 is 17.7 Å². The van der Waals surface area contributed by atoms with Crippen molar-refractivity contribution in [3.05, 3.63) is 47.5 Å². The summed E-state index contributed by atoms with van der Waals surface area (Å²) >= 11 is 0. The molecule has 2 aliphatic rings. The predicted octanol–water partition coefficient (Wildman–Crippen LogP) is 0.500. The normalized spacial score (nSPS) is 23.7. The van der Waals surface area contributed by atoms with E-state index >= 15 is 0 Å². The van der Waals surface area contributed by atoms with Gasteiger partial charge in [0.25, 0.3) is 0 Å². The van der Waals surface area contributed by atoms with E-state index in [1.807, 2.05) is 0 Å². The fourth-order valence-electron chi connectivity index (χ4n) is 5.50. The van der Waals surface area contributed by atoms with Gasteiger partial charge in [-0.2, -0.15) is 0 Å². The monoisotopic (exact) mass is 566 g/mol. The topological polar surface area (TPSA) is 183 Å². The second kappa shape index (κ2) is 13.8. The fraction of sp³-hybridized carbons (Fsp3) is 0.500. The van der Waals surface area contributed by atoms with Crippen molar-refractivity contribution in [1.82, 2.24) is 20.9 Å². The van der Waals surface area contributed by atoms with Gasteiger partial charge in [0, 0.05) is 32.5 Å². The van der Waals surface area contributed by atoms with Gasteiger partial charge in [0.2, 0.25) is 17.7 Å². The van der Waals surface area contributed by atoms with E-state index in [0.29, 0.717) is 30.6 Å². The number of piperidine rings is 1. The predicted molar refractivity (Wildman–Crippen MR) is 156 cm³/mol. The van der Waals surface area contributed by atoms with Crippen LogP contribution in [0.5, 0.6) is 11.5 Å². The van der Waals surface area contributed by atoms with E-state index in [0.717, 1.165) is 36.9 Å². The third-order valence-corrected chi connectivity index (χ3v) is 8.05. The molecule has 9 N–H and O–H groups in total. The number of fused-ring (bicyclic) bond motifs is 5. The van der Waals surface area contributed by atoms with E-state index in [1.165, 1.54) is 18.0 Å². The molecule has 0 radical (unpaired) electrons. The number of benzene rings is 2. The summed E-state index contributed by atoms with van der Waals surface area (Å²) in [5, 5.41) is 30.4. The Labute approximate surface area is 240 Å². The van der Waals surface area contributed by atoms with Crippen LogP contribution in [0, 0.1) is 0 Å². The number of phenols is 2. The summed E-state index contributed by atoms with van der Waals surface area (Å²) in [6.07, 6.45) is 3.96. The highest BCUT2D eigenvalue weighted by Gasteiger charge is 2.34. The number of hydrogen-bond donors (Lipinski definition) is 7. The Hall–Kier alpha value is -3.67. The number of carbonyl (C=O) groups excluding carboxylic acids is 3. The molecule has 222 valence electrons. The molecule has 0 aliphatic carbocycles. The summed E-state index contributed by atoms with van der Waals surface area (Å²) in [6.45, 7) is 1.63. The van der Waals surface area contributed by atoms with Crippen LogP contribution in [0.3, 0.4) is 0 Å². The summed E-state index contributed by atoms with van der Waals surface area (Å²) in [5.41, 5.74) is 14.4. The quantitative estimate of drug-likeness (QED) is 0.264. The Balaban J connectivity index is 1.73. The maximum atomic E-state index is 13.8. The average molecular weight is 567 g/mol. The van der Waals surface area contributed by atoms with Crippen molar-refractivity contribution < 1.29 is 24.6 Å². The zero-order valence-corrected chi connectivity index (χ0v) is 23.6. The van der Waals surface area contributed by atoms with Crippen LogP contribution in [-0.2, 0) is 27.2 Å². The number of aromatic hydroxyl groups is 2. The first kappa shape index (κ1) is 30.3. The highest BCUT2D eigenvalue weighted by atomic mass is 16.3. The molecule has 4 atom stereocenters. The van der Waals surface area contributed by atoms with Crippen LogP contribution in [0.1, 0.15) is 43.2 Å². The lowest BCUT2D eigenvalue weighted by atomic mass is 9.95. The molecular weight excluding hydrogens is 524 g/mol. The van der Waals surface area contributed by atoms with Crippen LogP contribution < -0.4 is 27.4 Å². The van der Waals surface area contributed by atoms with Gasteiger partial charge < -0.3 is 42.5 Å². The van der Waals surface area contributed by atoms with E-state index in [1.54, 1.807) is 30.3 Å². The summed E-state index contributed by atoms with van der Waals surface area (Å²) < 4.78 is 0. The smallest absolute Gasteiger partial charge is 0.245 e. The molecule has 2 heterocycles. The van der Waals surface area contributed by atoms with Gasteiger partial charge in [-0.3, -0.25) is 14.4 Å². The molecule has 2 aromatic rings. The van der Waals surface area contributed by atoms with Crippen LogP contribution >= 0.6 is 0 Å². The number of amides is 3. The second-order valence-electron chi connectivity index (χ2n) is 11.1. The Bertz CT molecular complexity index is 1250. The Morgan fingerprint density at radius 2 is 1.71 bits per heavy atom. The Morgan fingerprint density at radius 3 is 2.32 bits per heavy atom. The number of phenolic OH excluding ortho intramolecular Hbond substituents is 2. The zero-order chi connectivity index (χ0) is 29.5. The standard InChI is InChI=1S/C30H42N6O5/c1-36-25(29(40)34-17-22-5-2-3-12-33-22)16-21-14-19(8-10-27(21)38)18-7-9-26(37)20(13-18)15-23(32)28(39)35-24(30(36)41)6-4-11-31/h7-10,13-14,22-25,33,37-38H,2-6,11-12,15-17,31-32H2,1H3,(H,34,40)(H,35,39)/t22?,23-,24+,25+/m0/s1. The van der Waals surface area contributed by atoms with Gasteiger partial charge in [0.05, 0.1) is 6.04 Å². The van der Waals surface area contributed by atoms with Gasteiger partial charge in [-0.1, -0.05) is 18.6 Å². The molecule has 0 spiro atoms. The first-order valence-corrected chi connectivity index (χ1v) is 14.4. The highest BCUT2D eigenvalue weighted by Crippen LogP contribution is 2.31. The van der Waals surface area contributed by atoms with Gasteiger partial charge in [0.1, 0.15) is 23.6 Å². The number of carbonyl (C=O) groups is 3. The molecule has 41 heavy (non-hydrogen) atoms. The molecule has 2 aliphatic heterocycles. The highest BCUT2D eigenvalue weighted by molar-refractivity contribution is 5.93. The third kappa shape index (κ3) is 7.55. The van der Waals surface area contributed by atoms with E-state index in [2.05, 4.69) is 16.0 Å². The van der Waals surface area contributed by atoms with Crippen molar-refractivity contribution in [2.24, 2.45) is 11.5 Å². The minimum absolute atomic E-state index is 0.000000368. The largest absolute Gasteiger partial charge is 0.508 e. The van der Waals surface area contributed by atoms with Crippen molar-refractivity contribution in [2.75, 3.05) is 26.7 Å². The van der Waals surface area contributed by atoms with Crippen LogP contribution in [0.4, 0.5) is 0 Å². The molecule has 1 unspecified atom stereocenters. The number of likely N-dealkylation sites (N-methyl/N-ethyl adjacent to an activating group) is 1. The Kier molecular flexibility index (Phi) is 10.2. The molecule has 1 fully saturated rings. The first-order valence-electron chi connectivity index (χ1n) is 14.4. The van der Waals surface area contributed by atoms with Gasteiger partial charge in [-0.05, 0) is 85.3 Å². The number of rotatable bonds is 6. The molecule has 11 heteroatoms. The van der Waals surface area contributed by atoms with E-state index < -0.39 is 29.9 Å². The molecule has 4 bridgehead atoms. The maximum absolute atomic E-state index is 13.8. The van der Waals surface area contributed by atoms with Crippen LogP contribution in [0.2, 0.25) is 0 Å². The molecule has 0 saturated carbocycles. The van der Waals surface area contributed by atoms with Gasteiger partial charge in [0.15, 0.2) is 0 Å².